The summed E-state index contributed by atoms with van der Waals surface area (Å²) in [4.78, 5) is 21.1. The van der Waals surface area contributed by atoms with Gasteiger partial charge in [0.2, 0.25) is 0 Å². The molecule has 0 amide bonds. The Hall–Kier alpha value is -1.75. The number of rotatable bonds is 2. The SMILES string of the molecule is CC(C)(C)OC=O.O=C1CCNCC1c1ccc(F)cc1. The minimum absolute atomic E-state index is 0.0932. The van der Waals surface area contributed by atoms with Gasteiger partial charge in [0.25, 0.3) is 6.47 Å². The van der Waals surface area contributed by atoms with Gasteiger partial charge in [-0.15, -0.1) is 0 Å². The van der Waals surface area contributed by atoms with E-state index in [1.165, 1.54) is 12.1 Å². The summed E-state index contributed by atoms with van der Waals surface area (Å²) in [6, 6.07) is 6.17. The third-order valence-electron chi connectivity index (χ3n) is 2.96. The lowest BCUT2D eigenvalue weighted by molar-refractivity contribution is -0.138. The molecule has 1 saturated heterocycles. The number of benzene rings is 1. The summed E-state index contributed by atoms with van der Waals surface area (Å²) in [5, 5.41) is 3.16. The third-order valence-corrected chi connectivity index (χ3v) is 2.96. The summed E-state index contributed by atoms with van der Waals surface area (Å²) in [5.74, 6) is -0.107. The highest BCUT2D eigenvalue weighted by atomic mass is 19.1. The fourth-order valence-electron chi connectivity index (χ4n) is 1.89. The van der Waals surface area contributed by atoms with E-state index in [9.17, 15) is 14.0 Å². The second-order valence-electron chi connectivity index (χ2n) is 5.85. The zero-order valence-electron chi connectivity index (χ0n) is 12.7. The minimum atomic E-state index is -0.318. The molecule has 1 aromatic rings. The Labute approximate surface area is 124 Å². The normalized spacial score (nSPS) is 18.5. The molecule has 1 unspecified atom stereocenters. The Balaban J connectivity index is 0.000000270. The molecule has 116 valence electrons. The van der Waals surface area contributed by atoms with E-state index < -0.39 is 0 Å². The molecule has 4 nitrogen and oxygen atoms in total. The average Bonchev–Trinajstić information content (AvgIpc) is 2.40. The molecular formula is C16H22FNO3. The summed E-state index contributed by atoms with van der Waals surface area (Å²) in [5.41, 5.74) is 0.588. The summed E-state index contributed by atoms with van der Waals surface area (Å²) in [7, 11) is 0. The maximum Gasteiger partial charge on any atom is 0.293 e. The summed E-state index contributed by atoms with van der Waals surface area (Å²) in [6.07, 6.45) is 0.571. The first-order chi connectivity index (χ1) is 9.83. The Kier molecular flexibility index (Phi) is 6.49. The van der Waals surface area contributed by atoms with Crippen LogP contribution >= 0.6 is 0 Å². The summed E-state index contributed by atoms with van der Waals surface area (Å²) < 4.78 is 17.2. The van der Waals surface area contributed by atoms with Crippen LogP contribution in [0.2, 0.25) is 0 Å². The molecule has 1 heterocycles. The first-order valence-corrected chi connectivity index (χ1v) is 6.94. The van der Waals surface area contributed by atoms with Crippen molar-refractivity contribution < 1.29 is 18.7 Å². The number of halogens is 1. The number of hydrogen-bond donors (Lipinski definition) is 1. The van der Waals surface area contributed by atoms with Crippen molar-refractivity contribution in [3.8, 4) is 0 Å². The monoisotopic (exact) mass is 295 g/mol. The molecule has 0 radical (unpaired) electrons. The number of hydrogen-bond acceptors (Lipinski definition) is 4. The van der Waals surface area contributed by atoms with Crippen molar-refractivity contribution >= 4 is 12.3 Å². The lowest BCUT2D eigenvalue weighted by atomic mass is 9.90. The van der Waals surface area contributed by atoms with Gasteiger partial charge >= 0.3 is 0 Å². The molecule has 0 spiro atoms. The molecule has 0 aromatic heterocycles. The van der Waals surface area contributed by atoms with E-state index in [4.69, 9.17) is 0 Å². The van der Waals surface area contributed by atoms with Crippen LogP contribution in [-0.4, -0.2) is 30.9 Å². The van der Waals surface area contributed by atoms with E-state index in [0.717, 1.165) is 12.1 Å². The van der Waals surface area contributed by atoms with Crippen LogP contribution in [0.5, 0.6) is 0 Å². The molecule has 1 fully saturated rings. The van der Waals surface area contributed by atoms with Crippen LogP contribution in [0.15, 0.2) is 24.3 Å². The maximum absolute atomic E-state index is 12.7. The van der Waals surface area contributed by atoms with Gasteiger partial charge in [-0.1, -0.05) is 12.1 Å². The first kappa shape index (κ1) is 17.3. The van der Waals surface area contributed by atoms with E-state index in [1.807, 2.05) is 20.8 Å². The van der Waals surface area contributed by atoms with Crippen LogP contribution in [0, 0.1) is 5.82 Å². The van der Waals surface area contributed by atoms with Crippen LogP contribution in [0.3, 0.4) is 0 Å². The molecular weight excluding hydrogens is 273 g/mol. The topological polar surface area (TPSA) is 55.4 Å². The predicted molar refractivity (Wildman–Crippen MR) is 78.5 cm³/mol. The van der Waals surface area contributed by atoms with Gasteiger partial charge in [0.15, 0.2) is 0 Å². The Morgan fingerprint density at radius 2 is 1.90 bits per heavy atom. The van der Waals surface area contributed by atoms with Crippen LogP contribution in [0.25, 0.3) is 0 Å². The van der Waals surface area contributed by atoms with Gasteiger partial charge in [-0.05, 0) is 38.5 Å². The van der Waals surface area contributed by atoms with Crippen molar-refractivity contribution in [2.75, 3.05) is 13.1 Å². The minimum Gasteiger partial charge on any atom is -0.462 e. The molecule has 1 aliphatic heterocycles. The van der Waals surface area contributed by atoms with Gasteiger partial charge in [0.05, 0.1) is 5.92 Å². The highest BCUT2D eigenvalue weighted by Gasteiger charge is 2.23. The van der Waals surface area contributed by atoms with Gasteiger partial charge in [-0.2, -0.15) is 0 Å². The number of piperidine rings is 1. The number of carbonyl (C=O) groups is 2. The summed E-state index contributed by atoms with van der Waals surface area (Å²) in [6.45, 7) is 7.35. The highest BCUT2D eigenvalue weighted by molar-refractivity contribution is 5.86. The van der Waals surface area contributed by atoms with E-state index in [1.54, 1.807) is 12.1 Å². The number of ether oxygens (including phenoxy) is 1. The quantitative estimate of drug-likeness (QED) is 0.851. The number of Topliss-reactive ketones (excluding diaryl/α,β-unsaturated/α-hetero) is 1. The van der Waals surface area contributed by atoms with Crippen molar-refractivity contribution in [3.05, 3.63) is 35.6 Å². The van der Waals surface area contributed by atoms with E-state index in [-0.39, 0.29) is 23.1 Å². The standard InChI is InChI=1S/C11H12FNO.C5H10O2/c12-9-3-1-8(2-4-9)10-7-13-6-5-11(10)14;1-5(2,3)7-4-6/h1-4,10,13H,5-7H2;4H,1-3H3. The van der Waals surface area contributed by atoms with Crippen molar-refractivity contribution in [1.82, 2.24) is 5.32 Å². The van der Waals surface area contributed by atoms with Crippen molar-refractivity contribution in [3.63, 3.8) is 0 Å². The van der Waals surface area contributed by atoms with Gasteiger partial charge in [-0.25, -0.2) is 4.39 Å². The molecule has 0 saturated carbocycles. The fraction of sp³-hybridized carbons (Fsp3) is 0.500. The molecule has 1 aromatic carbocycles. The Morgan fingerprint density at radius 3 is 2.33 bits per heavy atom. The van der Waals surface area contributed by atoms with E-state index in [0.29, 0.717) is 19.4 Å². The molecule has 1 atom stereocenters. The molecule has 21 heavy (non-hydrogen) atoms. The largest absolute Gasteiger partial charge is 0.462 e. The second kappa shape index (κ2) is 7.88. The first-order valence-electron chi connectivity index (χ1n) is 6.94. The van der Waals surface area contributed by atoms with Crippen molar-refractivity contribution in [2.45, 2.75) is 38.7 Å². The van der Waals surface area contributed by atoms with Gasteiger partial charge in [0.1, 0.15) is 17.2 Å². The van der Waals surface area contributed by atoms with Gasteiger partial charge in [0, 0.05) is 19.5 Å². The maximum atomic E-state index is 12.7. The molecule has 1 N–H and O–H groups in total. The van der Waals surface area contributed by atoms with Gasteiger partial charge < -0.3 is 10.1 Å². The Morgan fingerprint density at radius 1 is 1.29 bits per heavy atom. The number of ketones is 1. The molecule has 5 heteroatoms. The molecule has 0 aliphatic carbocycles. The third kappa shape index (κ3) is 6.49. The van der Waals surface area contributed by atoms with E-state index >= 15 is 0 Å². The van der Waals surface area contributed by atoms with Crippen LogP contribution in [-0.2, 0) is 14.3 Å². The summed E-state index contributed by atoms with van der Waals surface area (Å²) >= 11 is 0. The van der Waals surface area contributed by atoms with Crippen LogP contribution < -0.4 is 5.32 Å². The fourth-order valence-corrected chi connectivity index (χ4v) is 1.89. The highest BCUT2D eigenvalue weighted by Crippen LogP contribution is 2.20. The van der Waals surface area contributed by atoms with Crippen molar-refractivity contribution in [2.24, 2.45) is 0 Å². The average molecular weight is 295 g/mol. The van der Waals surface area contributed by atoms with Crippen LogP contribution in [0.4, 0.5) is 4.39 Å². The second-order valence-corrected chi connectivity index (χ2v) is 5.85. The smallest absolute Gasteiger partial charge is 0.293 e. The Bertz CT molecular complexity index is 465. The zero-order chi connectivity index (χ0) is 15.9. The van der Waals surface area contributed by atoms with E-state index in [2.05, 4.69) is 10.1 Å². The van der Waals surface area contributed by atoms with Gasteiger partial charge in [-0.3, -0.25) is 9.59 Å². The van der Waals surface area contributed by atoms with Crippen molar-refractivity contribution in [1.29, 1.82) is 0 Å². The molecule has 2 rings (SSSR count). The van der Waals surface area contributed by atoms with Crippen LogP contribution in [0.1, 0.15) is 38.7 Å². The zero-order valence-corrected chi connectivity index (χ0v) is 12.7. The lowest BCUT2D eigenvalue weighted by Crippen LogP contribution is -2.35. The number of carbonyl (C=O) groups excluding carboxylic acids is 2. The molecule has 0 bridgehead atoms. The molecule has 1 aliphatic rings. The lowest BCUT2D eigenvalue weighted by Gasteiger charge is -2.21. The predicted octanol–water partition coefficient (Wildman–Crippen LogP) is 2.43. The number of nitrogens with one attached hydrogen (secondary N) is 1.